The van der Waals surface area contributed by atoms with Crippen molar-refractivity contribution < 1.29 is 15.0 Å². The molecule has 1 amide bonds. The number of aromatic amines is 1. The maximum atomic E-state index is 10.7. The summed E-state index contributed by atoms with van der Waals surface area (Å²) in [6.45, 7) is 1.88. The Kier molecular flexibility index (Phi) is 4.07. The number of nitrogens with zero attached hydrogens (tertiary/aromatic N) is 1. The minimum absolute atomic E-state index is 0.210. The van der Waals surface area contributed by atoms with Gasteiger partial charge in [0.05, 0.1) is 5.69 Å². The van der Waals surface area contributed by atoms with E-state index in [9.17, 15) is 9.90 Å². The van der Waals surface area contributed by atoms with Gasteiger partial charge in [-0.2, -0.15) is 5.10 Å². The first-order valence-electron chi connectivity index (χ1n) is 7.24. The zero-order valence-corrected chi connectivity index (χ0v) is 12.9. The number of hydrogen-bond donors (Lipinski definition) is 5. The van der Waals surface area contributed by atoms with Crippen molar-refractivity contribution in [3.05, 3.63) is 54.1 Å². The van der Waals surface area contributed by atoms with Gasteiger partial charge >= 0.3 is 6.09 Å². The predicted octanol–water partition coefficient (Wildman–Crippen LogP) is 3.92. The maximum Gasteiger partial charge on any atom is 0.409 e. The van der Waals surface area contributed by atoms with Gasteiger partial charge in [-0.3, -0.25) is 10.4 Å². The van der Waals surface area contributed by atoms with Crippen LogP contribution in [0.4, 0.5) is 22.0 Å². The lowest BCUT2D eigenvalue weighted by atomic mass is 10.1. The molecule has 0 atom stereocenters. The summed E-state index contributed by atoms with van der Waals surface area (Å²) >= 11 is 0. The summed E-state index contributed by atoms with van der Waals surface area (Å²) in [4.78, 5) is 10.7. The van der Waals surface area contributed by atoms with Crippen LogP contribution < -0.4 is 10.6 Å². The molecule has 0 saturated heterocycles. The Balaban J connectivity index is 1.77. The molecule has 0 unspecified atom stereocenters. The van der Waals surface area contributed by atoms with Crippen LogP contribution in [0.5, 0.6) is 5.75 Å². The van der Waals surface area contributed by atoms with Crippen LogP contribution in [0, 0.1) is 6.92 Å². The van der Waals surface area contributed by atoms with Crippen LogP contribution in [-0.2, 0) is 0 Å². The number of carboxylic acid groups (broad SMARTS) is 1. The van der Waals surface area contributed by atoms with E-state index < -0.39 is 6.09 Å². The number of H-pyrrole nitrogens is 1. The van der Waals surface area contributed by atoms with E-state index >= 15 is 0 Å². The number of aromatic nitrogens is 2. The SMILES string of the molecule is Cc1cc(NC(=O)O)ccc1Nc1cc(-c2ccc(O)cc2)[nH]n1. The first-order valence-corrected chi connectivity index (χ1v) is 7.24. The van der Waals surface area contributed by atoms with Crippen molar-refractivity contribution in [2.45, 2.75) is 6.92 Å². The van der Waals surface area contributed by atoms with Crippen molar-refractivity contribution in [1.29, 1.82) is 0 Å². The number of benzene rings is 2. The Morgan fingerprint density at radius 3 is 2.54 bits per heavy atom. The van der Waals surface area contributed by atoms with Gasteiger partial charge in [0.15, 0.2) is 5.82 Å². The standard InChI is InChI=1S/C17H16N4O3/c1-10-8-12(18-17(23)24)4-7-14(10)19-16-9-15(20-21-16)11-2-5-13(22)6-3-11/h2-9,18,22H,1H3,(H,23,24)(H2,19,20,21). The second-order valence-corrected chi connectivity index (χ2v) is 5.30. The fourth-order valence-electron chi connectivity index (χ4n) is 2.32. The van der Waals surface area contributed by atoms with Gasteiger partial charge in [0.2, 0.25) is 0 Å². The molecule has 3 aromatic rings. The quantitative estimate of drug-likeness (QED) is 0.499. The fourth-order valence-corrected chi connectivity index (χ4v) is 2.32. The first-order chi connectivity index (χ1) is 11.5. The van der Waals surface area contributed by atoms with Crippen molar-refractivity contribution in [3.63, 3.8) is 0 Å². The molecule has 0 aliphatic heterocycles. The number of amides is 1. The third-order valence-electron chi connectivity index (χ3n) is 3.50. The van der Waals surface area contributed by atoms with E-state index in [2.05, 4.69) is 20.8 Å². The van der Waals surface area contributed by atoms with Gasteiger partial charge in [0.1, 0.15) is 5.75 Å². The third kappa shape index (κ3) is 3.46. The van der Waals surface area contributed by atoms with Gasteiger partial charge in [0.25, 0.3) is 0 Å². The highest BCUT2D eigenvalue weighted by Crippen LogP contribution is 2.26. The number of nitrogens with one attached hydrogen (secondary N) is 3. The molecule has 5 N–H and O–H groups in total. The van der Waals surface area contributed by atoms with Crippen molar-refractivity contribution in [3.8, 4) is 17.0 Å². The maximum absolute atomic E-state index is 10.7. The zero-order chi connectivity index (χ0) is 17.1. The molecule has 24 heavy (non-hydrogen) atoms. The molecule has 0 saturated carbocycles. The highest BCUT2D eigenvalue weighted by atomic mass is 16.4. The summed E-state index contributed by atoms with van der Waals surface area (Å²) in [5, 5.41) is 30.7. The molecule has 0 aliphatic carbocycles. The van der Waals surface area contributed by atoms with E-state index in [0.717, 1.165) is 22.5 Å². The molecular weight excluding hydrogens is 308 g/mol. The Hall–Kier alpha value is -3.48. The number of anilines is 3. The molecule has 1 aromatic heterocycles. The minimum atomic E-state index is -1.10. The van der Waals surface area contributed by atoms with Gasteiger partial charge < -0.3 is 15.5 Å². The second-order valence-electron chi connectivity index (χ2n) is 5.30. The van der Waals surface area contributed by atoms with Crippen LogP contribution in [0.15, 0.2) is 48.5 Å². The van der Waals surface area contributed by atoms with Crippen LogP contribution in [-0.4, -0.2) is 26.5 Å². The molecule has 0 fully saturated rings. The number of aromatic hydroxyl groups is 1. The monoisotopic (exact) mass is 324 g/mol. The third-order valence-corrected chi connectivity index (χ3v) is 3.50. The number of phenolic OH excluding ortho intramolecular Hbond substituents is 1. The summed E-state index contributed by atoms with van der Waals surface area (Å²) in [6.07, 6.45) is -1.10. The summed E-state index contributed by atoms with van der Waals surface area (Å²) in [5.41, 5.74) is 3.95. The van der Waals surface area contributed by atoms with Crippen LogP contribution in [0.2, 0.25) is 0 Å². The van der Waals surface area contributed by atoms with E-state index in [-0.39, 0.29) is 5.75 Å². The molecule has 2 aromatic carbocycles. The summed E-state index contributed by atoms with van der Waals surface area (Å²) in [7, 11) is 0. The van der Waals surface area contributed by atoms with E-state index in [1.54, 1.807) is 42.5 Å². The fraction of sp³-hybridized carbons (Fsp3) is 0.0588. The lowest BCUT2D eigenvalue weighted by Crippen LogP contribution is -2.07. The van der Waals surface area contributed by atoms with Crippen LogP contribution in [0.25, 0.3) is 11.3 Å². The zero-order valence-electron chi connectivity index (χ0n) is 12.9. The molecule has 7 nitrogen and oxygen atoms in total. The molecule has 0 spiro atoms. The summed E-state index contributed by atoms with van der Waals surface area (Å²) in [5.74, 6) is 0.849. The van der Waals surface area contributed by atoms with E-state index in [4.69, 9.17) is 5.11 Å². The summed E-state index contributed by atoms with van der Waals surface area (Å²) < 4.78 is 0. The van der Waals surface area contributed by atoms with Gasteiger partial charge in [-0.25, -0.2) is 4.79 Å². The van der Waals surface area contributed by atoms with Gasteiger partial charge in [-0.05, 0) is 60.5 Å². The highest BCUT2D eigenvalue weighted by Gasteiger charge is 2.07. The minimum Gasteiger partial charge on any atom is -0.508 e. The Morgan fingerprint density at radius 1 is 1.12 bits per heavy atom. The van der Waals surface area contributed by atoms with Crippen LogP contribution >= 0.6 is 0 Å². The van der Waals surface area contributed by atoms with Crippen LogP contribution in [0.1, 0.15) is 5.56 Å². The molecule has 7 heteroatoms. The predicted molar refractivity (Wildman–Crippen MR) is 91.8 cm³/mol. The lowest BCUT2D eigenvalue weighted by molar-refractivity contribution is 0.210. The van der Waals surface area contributed by atoms with Crippen molar-refractivity contribution in [2.75, 3.05) is 10.6 Å². The van der Waals surface area contributed by atoms with E-state index in [0.29, 0.717) is 11.5 Å². The Bertz CT molecular complexity index is 872. The smallest absolute Gasteiger partial charge is 0.409 e. The van der Waals surface area contributed by atoms with Gasteiger partial charge in [-0.15, -0.1) is 0 Å². The molecule has 0 radical (unpaired) electrons. The largest absolute Gasteiger partial charge is 0.508 e. The summed E-state index contributed by atoms with van der Waals surface area (Å²) in [6, 6.07) is 13.9. The average molecular weight is 324 g/mol. The highest BCUT2D eigenvalue weighted by molar-refractivity contribution is 5.83. The molecular formula is C17H16N4O3. The van der Waals surface area contributed by atoms with Crippen molar-refractivity contribution in [2.24, 2.45) is 0 Å². The van der Waals surface area contributed by atoms with Crippen molar-refractivity contribution >= 4 is 23.3 Å². The van der Waals surface area contributed by atoms with Gasteiger partial charge in [0, 0.05) is 17.4 Å². The van der Waals surface area contributed by atoms with Gasteiger partial charge in [-0.1, -0.05) is 0 Å². The van der Waals surface area contributed by atoms with E-state index in [1.165, 1.54) is 0 Å². The second kappa shape index (κ2) is 6.33. The molecule has 122 valence electrons. The van der Waals surface area contributed by atoms with Crippen molar-refractivity contribution in [1.82, 2.24) is 10.2 Å². The van der Waals surface area contributed by atoms with Crippen LogP contribution in [0.3, 0.4) is 0 Å². The molecule has 1 heterocycles. The average Bonchev–Trinajstić information content (AvgIpc) is 2.99. The first kappa shape index (κ1) is 15.4. The molecule has 3 rings (SSSR count). The van der Waals surface area contributed by atoms with E-state index in [1.807, 2.05) is 13.0 Å². The lowest BCUT2D eigenvalue weighted by Gasteiger charge is -2.09. The topological polar surface area (TPSA) is 110 Å². The number of rotatable bonds is 4. The normalized spacial score (nSPS) is 10.4. The molecule has 0 aliphatic rings. The Labute approximate surface area is 138 Å². The molecule has 0 bridgehead atoms. The number of hydrogen-bond acceptors (Lipinski definition) is 4. The Morgan fingerprint density at radius 2 is 1.88 bits per heavy atom. The number of carbonyl (C=O) groups is 1. The number of aryl methyl sites for hydroxylation is 1. The number of phenols is 1.